The maximum atomic E-state index is 7.90. The van der Waals surface area contributed by atoms with E-state index in [1.807, 2.05) is 201 Å². The second kappa shape index (κ2) is 36.2. The number of terminal acetylenes is 1. The Morgan fingerprint density at radius 3 is 1.05 bits per heavy atom. The Morgan fingerprint density at radius 1 is 0.391 bits per heavy atom. The number of fused-ring (bicyclic) bond motifs is 10. The molecule has 0 aliphatic heterocycles. The summed E-state index contributed by atoms with van der Waals surface area (Å²) in [7, 11) is 9.31. The van der Waals surface area contributed by atoms with Gasteiger partial charge in [0.2, 0.25) is 35.3 Å². The van der Waals surface area contributed by atoms with Crippen LogP contribution in [0.4, 0.5) is 57.5 Å². The van der Waals surface area contributed by atoms with E-state index in [0.717, 1.165) is 150 Å². The van der Waals surface area contributed by atoms with Gasteiger partial charge >= 0.3 is 0 Å². The maximum Gasteiger partial charge on any atom is 0.247 e. The molecule has 37 nitrogen and oxygen atoms in total. The zero-order chi connectivity index (χ0) is 90.4. The van der Waals surface area contributed by atoms with Crippen molar-refractivity contribution in [2.24, 2.45) is 35.2 Å². The van der Waals surface area contributed by atoms with E-state index in [1.54, 1.807) is 96.6 Å². The summed E-state index contributed by atoms with van der Waals surface area (Å²) in [6.45, 7) is 6.10. The number of H-pyrrole nitrogens is 5. The average molecular weight is 1710 g/mol. The van der Waals surface area contributed by atoms with Crippen LogP contribution in [0, 0.1) is 12.3 Å². The summed E-state index contributed by atoms with van der Waals surface area (Å²) in [5.74, 6) is 8.79. The summed E-state index contributed by atoms with van der Waals surface area (Å²) in [5.41, 5.74) is 19.0. The van der Waals surface area contributed by atoms with Crippen LogP contribution in [0.1, 0.15) is 49.4 Å². The molecule has 0 spiro atoms. The fraction of sp³-hybridized carbons (Fsp3) is 0.154. The van der Waals surface area contributed by atoms with Crippen molar-refractivity contribution in [3.63, 3.8) is 0 Å². The lowest BCUT2D eigenvalue weighted by Crippen LogP contribution is -2.06. The molecule has 0 saturated heterocycles. The molecule has 0 bridgehead atoms. The number of nitrogens with one attached hydrogen (secondary N) is 10. The average Bonchev–Trinajstić information content (AvgIpc) is 1.68. The number of nitrogens with zero attached hydrogens (tertiary/aromatic N) is 22. The molecular formula is C91H84N32O5. The van der Waals surface area contributed by atoms with E-state index in [2.05, 4.69) is 151 Å². The number of ether oxygens (including phenoxy) is 5. The quantitative estimate of drug-likeness (QED) is 0.0282. The Kier molecular flexibility index (Phi) is 22.0. The monoisotopic (exact) mass is 1710 g/mol. The first-order chi connectivity index (χ1) is 63.6. The lowest BCUT2D eigenvalue weighted by atomic mass is 10.2. The van der Waals surface area contributed by atoms with Crippen LogP contribution in [0.2, 0.25) is 0 Å². The lowest BCUT2D eigenvalue weighted by Gasteiger charge is -2.06. The topological polar surface area (TPSA) is 429 Å². The van der Waals surface area contributed by atoms with Gasteiger partial charge in [-0.15, -0.1) is 31.9 Å². The molecule has 0 amide bonds. The molecule has 0 saturated carbocycles. The summed E-state index contributed by atoms with van der Waals surface area (Å²) in [6, 6.07) is 55.7. The van der Waals surface area contributed by atoms with Crippen molar-refractivity contribution < 1.29 is 27.8 Å². The third-order valence-corrected chi connectivity index (χ3v) is 20.2. The minimum Gasteiger partial charge on any atom is -0.476 e. The minimum atomic E-state index is -1.79. The third kappa shape index (κ3) is 17.5. The van der Waals surface area contributed by atoms with Crippen molar-refractivity contribution in [2.75, 3.05) is 39.7 Å². The first-order valence-electron chi connectivity index (χ1n) is 41.8. The van der Waals surface area contributed by atoms with E-state index < -0.39 is 12.6 Å². The van der Waals surface area contributed by atoms with Gasteiger partial charge in [0.25, 0.3) is 0 Å². The second-order valence-electron chi connectivity index (χ2n) is 29.2. The second-order valence-corrected chi connectivity index (χ2v) is 29.2. The van der Waals surface area contributed by atoms with E-state index in [0.29, 0.717) is 77.3 Å². The number of hydrogen-bond acceptors (Lipinski definition) is 27. The van der Waals surface area contributed by atoms with Crippen molar-refractivity contribution in [2.45, 2.75) is 46.8 Å². The molecule has 10 N–H and O–H groups in total. The molecule has 0 aliphatic rings. The molecule has 17 heterocycles. The van der Waals surface area contributed by atoms with E-state index in [1.165, 1.54) is 6.92 Å². The summed E-state index contributed by atoms with van der Waals surface area (Å²) < 4.78 is 60.2. The number of aromatic amines is 5. The lowest BCUT2D eigenvalue weighted by molar-refractivity contribution is 0.233. The Hall–Kier alpha value is -17.6. The van der Waals surface area contributed by atoms with Gasteiger partial charge in [-0.05, 0) is 203 Å². The normalized spacial score (nSPS) is 11.7. The Balaban J connectivity index is 0.000000110. The number of rotatable bonds is 22. The number of hydrogen-bond donors (Lipinski definition) is 10. The van der Waals surface area contributed by atoms with Gasteiger partial charge in [0, 0.05) is 125 Å². The van der Waals surface area contributed by atoms with E-state index in [-0.39, 0.29) is 5.88 Å². The predicted octanol–water partition coefficient (Wildman–Crippen LogP) is 17.1. The Morgan fingerprint density at radius 2 is 0.719 bits per heavy atom. The van der Waals surface area contributed by atoms with Gasteiger partial charge in [-0.25, -0.2) is 4.98 Å². The molecular weight excluding hydrogens is 1620 g/mol. The zero-order valence-corrected chi connectivity index (χ0v) is 70.4. The van der Waals surface area contributed by atoms with Crippen LogP contribution < -0.4 is 50.3 Å². The molecule has 128 heavy (non-hydrogen) atoms. The largest absolute Gasteiger partial charge is 0.476 e. The van der Waals surface area contributed by atoms with Crippen molar-refractivity contribution in [1.82, 2.24) is 135 Å². The molecule has 22 rings (SSSR count). The molecule has 638 valence electrons. The molecule has 17 aromatic heterocycles. The van der Waals surface area contributed by atoms with Crippen LogP contribution in [-0.4, -0.2) is 154 Å². The van der Waals surface area contributed by atoms with Crippen LogP contribution >= 0.6 is 0 Å². The van der Waals surface area contributed by atoms with Gasteiger partial charge in [-0.3, -0.25) is 78.8 Å². The van der Waals surface area contributed by atoms with Crippen LogP contribution in [0.25, 0.3) is 110 Å². The van der Waals surface area contributed by atoms with Crippen molar-refractivity contribution in [1.29, 1.82) is 0 Å². The van der Waals surface area contributed by atoms with Crippen LogP contribution in [0.5, 0.6) is 35.3 Å². The molecule has 0 radical (unpaired) electrons. The standard InChI is InChI=1S/C21H15N7O.C20H17N7O.2C17H18N6O.C16H16N6O/c1-3-13-6-9-18(23-12-13)29-21-15-8-7-14(11-17(15)28(2)27-21)24-20-19-16(25-26-20)5-4-10-22-19;1-27-17-11-14(23-19-18-16(24-25-19)3-2-8-22-18)4-5-15(17)20(26-27)28-12-13-6-9-21-10-7-13;1-10(2)24-17-12-7-6-11(9-14(12)23(3)22-17)19-16-15-13(20-21-16)5-4-8-18-15;1-3-9-24-17-12-7-6-11(10-14(12)23(2)22-17)19-16-15-13(20-21-16)5-4-8-18-15;1-3-23-16-11-7-6-10(9-13(11)22(2)21-16)18-15-14-12(19-20-15)5-4-8-17-14/h1,4-12H,2H3,(H2,24,25,26);2-11H,12H2,1H3,(H2,23,24,25);4-10H,1-3H3,(H2,19,20,21);4-8,10H,3,9H2,1-2H3,(H2,19,20,21);4-9H,3H2,1-2H3,(H2,18,19,20)/i;;10D;;3D2. The molecule has 0 aliphatic carbocycles. The van der Waals surface area contributed by atoms with Gasteiger partial charge < -0.3 is 50.3 Å². The molecule has 37 heteroatoms. The van der Waals surface area contributed by atoms with Gasteiger partial charge in [0.1, 0.15) is 34.2 Å². The highest BCUT2D eigenvalue weighted by Gasteiger charge is 2.21. The maximum absolute atomic E-state index is 7.90. The van der Waals surface area contributed by atoms with Crippen LogP contribution in [0.3, 0.4) is 0 Å². The van der Waals surface area contributed by atoms with Crippen molar-refractivity contribution >= 4 is 167 Å². The van der Waals surface area contributed by atoms with E-state index >= 15 is 0 Å². The van der Waals surface area contributed by atoms with Gasteiger partial charge in [0.15, 0.2) is 29.1 Å². The molecule has 0 unspecified atom stereocenters. The van der Waals surface area contributed by atoms with Crippen LogP contribution in [0.15, 0.2) is 225 Å². The van der Waals surface area contributed by atoms with Gasteiger partial charge in [-0.1, -0.05) is 12.8 Å². The molecule has 5 aromatic carbocycles. The SMILES string of the molecule is C#Cc1ccc(Oc2nn(C)c3cc(Nc4n[nH]c5cccnc45)ccc23)nc1.CCCOc1nn(C)c2cc(Nc3n[nH]c4cccnc34)ccc12.Cn1nc(OCc2ccncc2)c2ccc(Nc3n[nH]c4cccnc34)cc21.[2H]C(C)(C)Oc1nn(C)c2cc(Nc3n[nH]c4cccnc34)ccc12.[2H]C([2H])(C)Oc1nn(C)c2cc(Nc3n[nH]c4cccnc34)ccc12. The highest BCUT2D eigenvalue weighted by atomic mass is 16.5. The van der Waals surface area contributed by atoms with E-state index in [4.69, 9.17) is 34.2 Å². The number of anilines is 10. The predicted molar refractivity (Wildman–Crippen MR) is 493 cm³/mol. The summed E-state index contributed by atoms with van der Waals surface area (Å²) in [5, 5.41) is 79.2. The van der Waals surface area contributed by atoms with Gasteiger partial charge in [0.05, 0.1) is 105 Å². The first kappa shape index (κ1) is 77.7. The summed E-state index contributed by atoms with van der Waals surface area (Å²) in [4.78, 5) is 30.0. The number of aromatic nitrogens is 27. The minimum absolute atomic E-state index is 0.267. The van der Waals surface area contributed by atoms with E-state index in [9.17, 15) is 0 Å². The molecule has 0 atom stereocenters. The van der Waals surface area contributed by atoms with Gasteiger partial charge in [-0.2, -0.15) is 25.5 Å². The smallest absolute Gasteiger partial charge is 0.247 e. The van der Waals surface area contributed by atoms with Crippen molar-refractivity contribution in [3.05, 3.63) is 237 Å². The molecule has 22 aromatic rings. The highest BCUT2D eigenvalue weighted by molar-refractivity contribution is 5.97. The van der Waals surface area contributed by atoms with Crippen LogP contribution in [-0.2, 0) is 41.8 Å². The number of benzene rings is 5. The number of aryl methyl sites for hydroxylation is 5. The Labute approximate surface area is 732 Å². The first-order valence-corrected chi connectivity index (χ1v) is 40.3. The fourth-order valence-corrected chi connectivity index (χ4v) is 14.1. The summed E-state index contributed by atoms with van der Waals surface area (Å²) in [6.07, 6.45) is 19.1. The number of pyridine rings is 7. The molecule has 0 fully saturated rings. The zero-order valence-electron chi connectivity index (χ0n) is 73.4. The third-order valence-electron chi connectivity index (χ3n) is 20.2. The Bertz CT molecular complexity index is 7730. The van der Waals surface area contributed by atoms with Crippen molar-refractivity contribution in [3.8, 4) is 47.6 Å². The highest BCUT2D eigenvalue weighted by Crippen LogP contribution is 2.37. The fourth-order valence-electron chi connectivity index (χ4n) is 14.1. The summed E-state index contributed by atoms with van der Waals surface area (Å²) >= 11 is 0.